The molecule has 0 radical (unpaired) electrons. The standard InChI is InChI=1S/C7H6N4O2/c8-6(12)4-3-5-7(13)9-1-2-11(5)10-4/h1-3H,(H2,8,12)(H,9,13). The number of aromatic amines is 1. The number of fused-ring (bicyclic) bond motifs is 1. The van der Waals surface area contributed by atoms with Crippen LogP contribution in [0.4, 0.5) is 0 Å². The van der Waals surface area contributed by atoms with Crippen LogP contribution in [0.3, 0.4) is 0 Å². The molecule has 2 aromatic rings. The number of hydrogen-bond donors (Lipinski definition) is 2. The average molecular weight is 178 g/mol. The van der Waals surface area contributed by atoms with Crippen LogP contribution in [-0.2, 0) is 0 Å². The van der Waals surface area contributed by atoms with Gasteiger partial charge >= 0.3 is 0 Å². The molecular weight excluding hydrogens is 172 g/mol. The van der Waals surface area contributed by atoms with Crippen molar-refractivity contribution in [2.45, 2.75) is 0 Å². The lowest BCUT2D eigenvalue weighted by atomic mass is 10.4. The summed E-state index contributed by atoms with van der Waals surface area (Å²) in [6.07, 6.45) is 2.97. The molecule has 0 saturated heterocycles. The molecule has 0 unspecified atom stereocenters. The molecule has 0 aliphatic carbocycles. The van der Waals surface area contributed by atoms with Gasteiger partial charge in [-0.2, -0.15) is 5.10 Å². The van der Waals surface area contributed by atoms with Crippen molar-refractivity contribution in [2.75, 3.05) is 0 Å². The van der Waals surface area contributed by atoms with Crippen molar-refractivity contribution >= 4 is 11.4 Å². The zero-order chi connectivity index (χ0) is 9.42. The molecule has 0 bridgehead atoms. The number of carbonyl (C=O) groups is 1. The average Bonchev–Trinajstić information content (AvgIpc) is 2.49. The van der Waals surface area contributed by atoms with E-state index in [9.17, 15) is 9.59 Å². The fourth-order valence-electron chi connectivity index (χ4n) is 1.06. The van der Waals surface area contributed by atoms with E-state index in [2.05, 4.69) is 10.1 Å². The molecule has 2 heterocycles. The van der Waals surface area contributed by atoms with Gasteiger partial charge in [-0.3, -0.25) is 9.59 Å². The highest BCUT2D eigenvalue weighted by molar-refractivity contribution is 5.91. The van der Waals surface area contributed by atoms with Gasteiger partial charge in [0.1, 0.15) is 5.52 Å². The lowest BCUT2D eigenvalue weighted by molar-refractivity contribution is 0.0995. The van der Waals surface area contributed by atoms with E-state index < -0.39 is 5.91 Å². The zero-order valence-electron chi connectivity index (χ0n) is 6.52. The van der Waals surface area contributed by atoms with Gasteiger partial charge in [-0.05, 0) is 0 Å². The van der Waals surface area contributed by atoms with E-state index in [1.54, 1.807) is 0 Å². The largest absolute Gasteiger partial charge is 0.364 e. The molecule has 0 fully saturated rings. The van der Waals surface area contributed by atoms with Crippen molar-refractivity contribution in [1.82, 2.24) is 14.6 Å². The maximum atomic E-state index is 11.1. The van der Waals surface area contributed by atoms with Gasteiger partial charge in [-0.25, -0.2) is 4.52 Å². The van der Waals surface area contributed by atoms with E-state index in [0.29, 0.717) is 5.52 Å². The number of carbonyl (C=O) groups excluding carboxylic acids is 1. The Balaban J connectivity index is 2.83. The number of nitrogens with two attached hydrogens (primary N) is 1. The highest BCUT2D eigenvalue weighted by Gasteiger charge is 2.07. The summed E-state index contributed by atoms with van der Waals surface area (Å²) in [7, 11) is 0. The van der Waals surface area contributed by atoms with Crippen LogP contribution in [-0.4, -0.2) is 20.5 Å². The molecule has 2 aromatic heterocycles. The third kappa shape index (κ3) is 1.08. The number of aromatic nitrogens is 3. The van der Waals surface area contributed by atoms with Crippen molar-refractivity contribution in [3.05, 3.63) is 34.5 Å². The predicted molar refractivity (Wildman–Crippen MR) is 44.3 cm³/mol. The molecule has 2 rings (SSSR count). The third-order valence-electron chi connectivity index (χ3n) is 1.65. The second-order valence-corrected chi connectivity index (χ2v) is 2.51. The van der Waals surface area contributed by atoms with Gasteiger partial charge in [0, 0.05) is 18.5 Å². The Morgan fingerprint density at radius 1 is 1.62 bits per heavy atom. The predicted octanol–water partition coefficient (Wildman–Crippen LogP) is -0.879. The Morgan fingerprint density at radius 2 is 2.38 bits per heavy atom. The Kier molecular flexibility index (Phi) is 1.42. The first kappa shape index (κ1) is 7.53. The van der Waals surface area contributed by atoms with Gasteiger partial charge < -0.3 is 10.7 Å². The minimum atomic E-state index is -0.650. The fraction of sp³-hybridized carbons (Fsp3) is 0. The van der Waals surface area contributed by atoms with Crippen LogP contribution in [0.2, 0.25) is 0 Å². The van der Waals surface area contributed by atoms with Crippen LogP contribution in [0.5, 0.6) is 0 Å². The summed E-state index contributed by atoms with van der Waals surface area (Å²) < 4.78 is 1.30. The van der Waals surface area contributed by atoms with Gasteiger partial charge in [-0.15, -0.1) is 0 Å². The van der Waals surface area contributed by atoms with Crippen molar-refractivity contribution in [3.63, 3.8) is 0 Å². The number of rotatable bonds is 1. The molecule has 0 atom stereocenters. The number of nitrogens with one attached hydrogen (secondary N) is 1. The van der Waals surface area contributed by atoms with Crippen molar-refractivity contribution in [2.24, 2.45) is 5.73 Å². The van der Waals surface area contributed by atoms with Gasteiger partial charge in [0.05, 0.1) is 0 Å². The van der Waals surface area contributed by atoms with E-state index >= 15 is 0 Å². The van der Waals surface area contributed by atoms with Crippen LogP contribution in [0.25, 0.3) is 5.52 Å². The first-order valence-electron chi connectivity index (χ1n) is 3.55. The minimum absolute atomic E-state index is 0.0803. The van der Waals surface area contributed by atoms with Crippen molar-refractivity contribution in [3.8, 4) is 0 Å². The molecule has 6 nitrogen and oxygen atoms in total. The number of amides is 1. The van der Waals surface area contributed by atoms with Crippen LogP contribution >= 0.6 is 0 Å². The number of nitrogens with zero attached hydrogens (tertiary/aromatic N) is 2. The molecule has 1 amide bonds. The summed E-state index contributed by atoms with van der Waals surface area (Å²) in [5, 5.41) is 3.80. The summed E-state index contributed by atoms with van der Waals surface area (Å²) in [5.74, 6) is -0.650. The topological polar surface area (TPSA) is 93.2 Å². The first-order valence-corrected chi connectivity index (χ1v) is 3.55. The number of primary amides is 1. The summed E-state index contributed by atoms with van der Waals surface area (Å²) in [6.45, 7) is 0. The fourth-order valence-corrected chi connectivity index (χ4v) is 1.06. The lowest BCUT2D eigenvalue weighted by Gasteiger charge is -1.87. The van der Waals surface area contributed by atoms with Gasteiger partial charge in [-0.1, -0.05) is 0 Å². The molecule has 0 aliphatic rings. The monoisotopic (exact) mass is 178 g/mol. The van der Waals surface area contributed by atoms with Gasteiger partial charge in [0.15, 0.2) is 5.69 Å². The Morgan fingerprint density at radius 3 is 3.00 bits per heavy atom. The Labute approximate surface area is 72.0 Å². The van der Waals surface area contributed by atoms with Crippen molar-refractivity contribution in [1.29, 1.82) is 0 Å². The lowest BCUT2D eigenvalue weighted by Crippen LogP contribution is -2.11. The van der Waals surface area contributed by atoms with Crippen LogP contribution in [0.15, 0.2) is 23.3 Å². The van der Waals surface area contributed by atoms with Crippen LogP contribution in [0.1, 0.15) is 10.5 Å². The summed E-state index contributed by atoms with van der Waals surface area (Å²) in [4.78, 5) is 24.3. The molecule has 3 N–H and O–H groups in total. The zero-order valence-corrected chi connectivity index (χ0v) is 6.52. The molecule has 0 aromatic carbocycles. The first-order chi connectivity index (χ1) is 6.18. The normalized spacial score (nSPS) is 10.5. The van der Waals surface area contributed by atoms with Crippen LogP contribution in [0, 0.1) is 0 Å². The molecular formula is C7H6N4O2. The molecule has 0 spiro atoms. The summed E-state index contributed by atoms with van der Waals surface area (Å²) in [5.41, 5.74) is 5.08. The number of hydrogen-bond acceptors (Lipinski definition) is 3. The second kappa shape index (κ2) is 2.44. The minimum Gasteiger partial charge on any atom is -0.364 e. The van der Waals surface area contributed by atoms with E-state index in [4.69, 9.17) is 5.73 Å². The van der Waals surface area contributed by atoms with Gasteiger partial charge in [0.25, 0.3) is 11.5 Å². The quantitative estimate of drug-likeness (QED) is 0.593. The molecule has 0 aliphatic heterocycles. The van der Waals surface area contributed by atoms with Crippen LogP contribution < -0.4 is 11.3 Å². The van der Waals surface area contributed by atoms with E-state index in [0.717, 1.165) is 0 Å². The Hall–Kier alpha value is -2.11. The van der Waals surface area contributed by atoms with E-state index in [1.807, 2.05) is 0 Å². The summed E-state index contributed by atoms with van der Waals surface area (Å²) >= 11 is 0. The van der Waals surface area contributed by atoms with Gasteiger partial charge in [0.2, 0.25) is 0 Å². The molecule has 13 heavy (non-hydrogen) atoms. The number of H-pyrrole nitrogens is 1. The Bertz CT molecular complexity index is 525. The molecule has 6 heteroatoms. The molecule has 0 saturated carbocycles. The van der Waals surface area contributed by atoms with Crippen molar-refractivity contribution < 1.29 is 4.79 Å². The third-order valence-corrected chi connectivity index (χ3v) is 1.65. The maximum Gasteiger partial charge on any atom is 0.273 e. The van der Waals surface area contributed by atoms with E-state index in [1.165, 1.54) is 23.0 Å². The second-order valence-electron chi connectivity index (χ2n) is 2.51. The SMILES string of the molecule is NC(=O)c1cc2c(=O)[nH]ccn2n1. The highest BCUT2D eigenvalue weighted by Crippen LogP contribution is 1.98. The summed E-state index contributed by atoms with van der Waals surface area (Å²) in [6, 6.07) is 1.35. The highest BCUT2D eigenvalue weighted by atomic mass is 16.1. The molecule has 66 valence electrons. The maximum absolute atomic E-state index is 11.1. The smallest absolute Gasteiger partial charge is 0.273 e. The van der Waals surface area contributed by atoms with E-state index in [-0.39, 0.29) is 11.3 Å².